The highest BCUT2D eigenvalue weighted by Gasteiger charge is 2.21. The first-order valence-electron chi connectivity index (χ1n) is 6.99. The summed E-state index contributed by atoms with van der Waals surface area (Å²) in [6.45, 7) is 11.7. The van der Waals surface area contributed by atoms with E-state index in [0.717, 1.165) is 5.56 Å². The van der Waals surface area contributed by atoms with Gasteiger partial charge in [0.25, 0.3) is 0 Å². The van der Waals surface area contributed by atoms with Crippen LogP contribution < -0.4 is 5.73 Å². The Morgan fingerprint density at radius 3 is 1.84 bits per heavy atom. The molecule has 0 aliphatic heterocycles. The van der Waals surface area contributed by atoms with Crippen molar-refractivity contribution in [2.24, 2.45) is 5.73 Å². The van der Waals surface area contributed by atoms with Crippen LogP contribution in [0, 0.1) is 0 Å². The normalized spacial score (nSPS) is 13.8. The Kier molecular flexibility index (Phi) is 5.98. The van der Waals surface area contributed by atoms with Crippen LogP contribution in [0.15, 0.2) is 24.3 Å². The molecule has 0 amide bonds. The van der Waals surface area contributed by atoms with Crippen LogP contribution in [0.25, 0.3) is 0 Å². The summed E-state index contributed by atoms with van der Waals surface area (Å²) in [4.78, 5) is 0. The van der Waals surface area contributed by atoms with Crippen molar-refractivity contribution in [1.29, 1.82) is 0 Å². The second-order valence-electron chi connectivity index (χ2n) is 5.68. The molecule has 1 rings (SSSR count). The number of nitrogens with two attached hydrogens (primary N) is 1. The monoisotopic (exact) mass is 265 g/mol. The van der Waals surface area contributed by atoms with Crippen molar-refractivity contribution in [3.8, 4) is 0 Å². The average molecular weight is 265 g/mol. The molecule has 19 heavy (non-hydrogen) atoms. The smallest absolute Gasteiger partial charge is 0.176 e. The van der Waals surface area contributed by atoms with Crippen LogP contribution in [0.2, 0.25) is 0 Å². The largest absolute Gasteiger partial charge is 0.351 e. The van der Waals surface area contributed by atoms with E-state index in [1.54, 1.807) is 0 Å². The third kappa shape index (κ3) is 4.60. The van der Waals surface area contributed by atoms with Gasteiger partial charge >= 0.3 is 0 Å². The molecule has 0 radical (unpaired) electrons. The highest BCUT2D eigenvalue weighted by Crippen LogP contribution is 2.25. The second-order valence-corrected chi connectivity index (χ2v) is 5.68. The van der Waals surface area contributed by atoms with Crippen LogP contribution in [-0.4, -0.2) is 19.5 Å². The summed E-state index contributed by atoms with van der Waals surface area (Å²) in [6.07, 6.45) is -0.379. The third-order valence-corrected chi connectivity index (χ3v) is 3.12. The Balaban J connectivity index is 2.83. The van der Waals surface area contributed by atoms with Crippen LogP contribution in [0.5, 0.6) is 0 Å². The summed E-state index contributed by atoms with van der Waals surface area (Å²) in [7, 11) is 0. The van der Waals surface area contributed by atoms with Crippen molar-refractivity contribution in [1.82, 2.24) is 0 Å². The minimum atomic E-state index is -0.379. The quantitative estimate of drug-likeness (QED) is 0.802. The molecule has 0 bridgehead atoms. The molecule has 0 spiro atoms. The van der Waals surface area contributed by atoms with E-state index in [0.29, 0.717) is 13.2 Å². The van der Waals surface area contributed by atoms with Gasteiger partial charge in [0.2, 0.25) is 0 Å². The number of rotatable bonds is 6. The van der Waals surface area contributed by atoms with Gasteiger partial charge in [0.15, 0.2) is 6.29 Å². The molecule has 3 nitrogen and oxygen atoms in total. The van der Waals surface area contributed by atoms with Crippen molar-refractivity contribution in [2.45, 2.75) is 52.4 Å². The lowest BCUT2D eigenvalue weighted by molar-refractivity contribution is -0.149. The lowest BCUT2D eigenvalue weighted by Gasteiger charge is -2.25. The molecule has 2 N–H and O–H groups in total. The van der Waals surface area contributed by atoms with Gasteiger partial charge in [-0.3, -0.25) is 0 Å². The van der Waals surface area contributed by atoms with Crippen LogP contribution in [0.3, 0.4) is 0 Å². The molecule has 0 aromatic heterocycles. The Hall–Kier alpha value is -0.900. The predicted octanol–water partition coefficient (Wildman–Crippen LogP) is 3.38. The first-order chi connectivity index (χ1) is 8.90. The fraction of sp³-hybridized carbons (Fsp3) is 0.625. The van der Waals surface area contributed by atoms with Gasteiger partial charge in [0.1, 0.15) is 0 Å². The lowest BCUT2D eigenvalue weighted by atomic mass is 9.86. The lowest BCUT2D eigenvalue weighted by Crippen LogP contribution is -2.31. The number of hydrogen-bond donors (Lipinski definition) is 1. The van der Waals surface area contributed by atoms with Crippen molar-refractivity contribution in [3.05, 3.63) is 35.4 Å². The molecule has 0 saturated heterocycles. The summed E-state index contributed by atoms with van der Waals surface area (Å²) < 4.78 is 11.1. The van der Waals surface area contributed by atoms with Crippen LogP contribution in [0.1, 0.15) is 51.8 Å². The van der Waals surface area contributed by atoms with Gasteiger partial charge in [-0.15, -0.1) is 0 Å². The maximum Gasteiger partial charge on any atom is 0.176 e. The van der Waals surface area contributed by atoms with E-state index >= 15 is 0 Å². The zero-order valence-corrected chi connectivity index (χ0v) is 12.8. The van der Waals surface area contributed by atoms with Crippen molar-refractivity contribution in [3.63, 3.8) is 0 Å². The molecule has 1 aromatic rings. The Labute approximate surface area is 117 Å². The van der Waals surface area contributed by atoms with Gasteiger partial charge in [-0.05, 0) is 30.4 Å². The summed E-state index contributed by atoms with van der Waals surface area (Å²) in [5.41, 5.74) is 8.72. The first kappa shape index (κ1) is 16.2. The third-order valence-electron chi connectivity index (χ3n) is 3.12. The van der Waals surface area contributed by atoms with E-state index in [4.69, 9.17) is 15.2 Å². The van der Waals surface area contributed by atoms with Gasteiger partial charge < -0.3 is 15.2 Å². The molecule has 108 valence electrons. The van der Waals surface area contributed by atoms with E-state index in [-0.39, 0.29) is 17.7 Å². The predicted molar refractivity (Wildman–Crippen MR) is 79.1 cm³/mol. The summed E-state index contributed by atoms with van der Waals surface area (Å²) >= 11 is 0. The zero-order valence-electron chi connectivity index (χ0n) is 12.8. The van der Waals surface area contributed by atoms with Gasteiger partial charge in [0, 0.05) is 13.2 Å². The van der Waals surface area contributed by atoms with E-state index in [9.17, 15) is 0 Å². The molecule has 3 heteroatoms. The number of hydrogen-bond acceptors (Lipinski definition) is 3. The molecule has 0 aliphatic carbocycles. The Morgan fingerprint density at radius 2 is 1.47 bits per heavy atom. The maximum atomic E-state index is 6.22. The van der Waals surface area contributed by atoms with Crippen LogP contribution >= 0.6 is 0 Å². The Morgan fingerprint density at radius 1 is 1.00 bits per heavy atom. The highest BCUT2D eigenvalue weighted by molar-refractivity contribution is 5.29. The van der Waals surface area contributed by atoms with Crippen molar-refractivity contribution < 1.29 is 9.47 Å². The summed E-state index contributed by atoms with van der Waals surface area (Å²) in [5.74, 6) is 0. The molecular formula is C16H27NO2. The molecule has 0 fully saturated rings. The maximum absolute atomic E-state index is 6.22. The van der Waals surface area contributed by atoms with E-state index < -0.39 is 0 Å². The first-order valence-corrected chi connectivity index (χ1v) is 6.99. The fourth-order valence-corrected chi connectivity index (χ4v) is 1.95. The molecule has 0 aliphatic rings. The Bertz CT molecular complexity index is 361. The molecular weight excluding hydrogens is 238 g/mol. The van der Waals surface area contributed by atoms with Gasteiger partial charge in [-0.1, -0.05) is 45.0 Å². The number of ether oxygens (including phenoxy) is 2. The molecule has 1 atom stereocenters. The van der Waals surface area contributed by atoms with E-state index in [1.165, 1.54) is 5.56 Å². The van der Waals surface area contributed by atoms with Crippen LogP contribution in [0.4, 0.5) is 0 Å². The van der Waals surface area contributed by atoms with Crippen LogP contribution in [-0.2, 0) is 14.9 Å². The van der Waals surface area contributed by atoms with E-state index in [1.807, 2.05) is 13.8 Å². The van der Waals surface area contributed by atoms with Gasteiger partial charge in [-0.2, -0.15) is 0 Å². The molecule has 0 heterocycles. The van der Waals surface area contributed by atoms with Gasteiger partial charge in [0.05, 0.1) is 6.04 Å². The minimum absolute atomic E-state index is 0.155. The SMILES string of the molecule is CCOC(OCC)C(N)c1ccc(C(C)(C)C)cc1. The molecule has 1 aromatic carbocycles. The zero-order chi connectivity index (χ0) is 14.5. The standard InChI is InChI=1S/C16H27NO2/c1-6-18-15(19-7-2)14(17)12-8-10-13(11-9-12)16(3,4)5/h8-11,14-15H,6-7,17H2,1-5H3. The highest BCUT2D eigenvalue weighted by atomic mass is 16.7. The minimum Gasteiger partial charge on any atom is -0.351 e. The van der Waals surface area contributed by atoms with Crippen molar-refractivity contribution in [2.75, 3.05) is 13.2 Å². The van der Waals surface area contributed by atoms with Crippen molar-refractivity contribution >= 4 is 0 Å². The molecule has 0 saturated carbocycles. The van der Waals surface area contributed by atoms with Gasteiger partial charge in [-0.25, -0.2) is 0 Å². The second kappa shape index (κ2) is 7.04. The fourth-order valence-electron chi connectivity index (χ4n) is 1.95. The number of benzene rings is 1. The average Bonchev–Trinajstić information content (AvgIpc) is 2.37. The summed E-state index contributed by atoms with van der Waals surface area (Å²) in [5, 5.41) is 0. The topological polar surface area (TPSA) is 44.5 Å². The van der Waals surface area contributed by atoms with E-state index in [2.05, 4.69) is 45.0 Å². The summed E-state index contributed by atoms with van der Waals surface area (Å²) in [6, 6.07) is 8.13. The molecule has 1 unspecified atom stereocenters.